The maximum absolute atomic E-state index is 9.94. The van der Waals surface area contributed by atoms with E-state index in [1.54, 1.807) is 0 Å². The Morgan fingerprint density at radius 2 is 1.75 bits per heavy atom. The van der Waals surface area contributed by atoms with Gasteiger partial charge in [0.05, 0.1) is 12.2 Å². The van der Waals surface area contributed by atoms with E-state index in [-0.39, 0.29) is 6.10 Å². The van der Waals surface area contributed by atoms with Crippen LogP contribution in [-0.4, -0.2) is 28.7 Å². The summed E-state index contributed by atoms with van der Waals surface area (Å²) in [6.45, 7) is 1.91. The molecule has 0 aliphatic carbocycles. The lowest BCUT2D eigenvalue weighted by Gasteiger charge is -2.11. The maximum atomic E-state index is 9.94. The first kappa shape index (κ1) is 11.6. The molecule has 0 aromatic rings. The fraction of sp³-hybridized carbons (Fsp3) is 0.889. The van der Waals surface area contributed by atoms with E-state index in [4.69, 9.17) is 5.11 Å². The Labute approximate surface area is 73.4 Å². The topological polar surface area (TPSA) is 57.5 Å². The van der Waals surface area contributed by atoms with Gasteiger partial charge < -0.3 is 15.0 Å². The molecule has 72 valence electrons. The third-order valence-corrected chi connectivity index (χ3v) is 1.92. The Morgan fingerprint density at radius 1 is 1.17 bits per heavy atom. The number of hydrogen-bond donors (Lipinski definition) is 2. The van der Waals surface area contributed by atoms with Crippen molar-refractivity contribution in [3.05, 3.63) is 0 Å². The second-order valence-electron chi connectivity index (χ2n) is 3.04. The van der Waals surface area contributed by atoms with Gasteiger partial charge in [-0.15, -0.1) is 0 Å². The second-order valence-corrected chi connectivity index (χ2v) is 3.04. The van der Waals surface area contributed by atoms with Gasteiger partial charge in [0.25, 0.3) is 0 Å². The average molecular weight is 174 g/mol. The molecule has 0 aliphatic rings. The molecule has 12 heavy (non-hydrogen) atoms. The van der Waals surface area contributed by atoms with Crippen LogP contribution in [0.15, 0.2) is 0 Å². The second kappa shape index (κ2) is 7.25. The third-order valence-electron chi connectivity index (χ3n) is 1.92. The summed E-state index contributed by atoms with van der Waals surface area (Å²) in [4.78, 5) is 9.94. The van der Waals surface area contributed by atoms with Crippen molar-refractivity contribution in [1.82, 2.24) is 0 Å². The number of aldehydes is 1. The van der Waals surface area contributed by atoms with Crippen molar-refractivity contribution in [2.75, 3.05) is 0 Å². The molecule has 0 spiro atoms. The summed E-state index contributed by atoms with van der Waals surface area (Å²) in [5, 5.41) is 18.4. The van der Waals surface area contributed by atoms with E-state index in [9.17, 15) is 9.90 Å². The summed E-state index contributed by atoms with van der Waals surface area (Å²) >= 11 is 0. The fourth-order valence-electron chi connectivity index (χ4n) is 0.994. The Bertz CT molecular complexity index is 114. The van der Waals surface area contributed by atoms with Gasteiger partial charge in [-0.05, 0) is 25.7 Å². The summed E-state index contributed by atoms with van der Waals surface area (Å²) in [5.74, 6) is 0. The van der Waals surface area contributed by atoms with Crippen molar-refractivity contribution in [2.24, 2.45) is 0 Å². The van der Waals surface area contributed by atoms with Gasteiger partial charge in [0.15, 0.2) is 0 Å². The minimum Gasteiger partial charge on any atom is -0.393 e. The minimum absolute atomic E-state index is 0.309. The number of rotatable bonds is 7. The Hall–Kier alpha value is -0.410. The first-order valence-corrected chi connectivity index (χ1v) is 4.50. The highest BCUT2D eigenvalue weighted by Crippen LogP contribution is 2.07. The smallest absolute Gasteiger partial charge is 0.120 e. The van der Waals surface area contributed by atoms with Crippen LogP contribution in [0.2, 0.25) is 0 Å². The number of aliphatic hydroxyl groups is 2. The van der Waals surface area contributed by atoms with Gasteiger partial charge >= 0.3 is 0 Å². The van der Waals surface area contributed by atoms with E-state index in [2.05, 4.69) is 0 Å². The van der Waals surface area contributed by atoms with E-state index in [0.717, 1.165) is 12.7 Å². The molecule has 0 amide bonds. The van der Waals surface area contributed by atoms with Crippen LogP contribution in [0.5, 0.6) is 0 Å². The molecule has 0 heterocycles. The molecule has 0 rings (SSSR count). The van der Waals surface area contributed by atoms with E-state index in [0.29, 0.717) is 25.7 Å². The van der Waals surface area contributed by atoms with Crippen LogP contribution in [0.3, 0.4) is 0 Å². The SMILES string of the molecule is CCC(O)CCC(O)CCC=O. The summed E-state index contributed by atoms with van der Waals surface area (Å²) in [6.07, 6.45) is 2.91. The van der Waals surface area contributed by atoms with E-state index in [1.165, 1.54) is 0 Å². The molecular formula is C9H18O3. The summed E-state index contributed by atoms with van der Waals surface area (Å²) < 4.78 is 0. The van der Waals surface area contributed by atoms with Crippen LogP contribution in [-0.2, 0) is 4.79 Å². The number of carbonyl (C=O) groups excluding carboxylic acids is 1. The molecule has 0 bridgehead atoms. The van der Waals surface area contributed by atoms with Crippen LogP contribution >= 0.6 is 0 Å². The van der Waals surface area contributed by atoms with Crippen LogP contribution in [0.1, 0.15) is 39.0 Å². The van der Waals surface area contributed by atoms with Gasteiger partial charge in [-0.25, -0.2) is 0 Å². The van der Waals surface area contributed by atoms with Crippen molar-refractivity contribution in [2.45, 2.75) is 51.2 Å². The monoisotopic (exact) mass is 174 g/mol. The van der Waals surface area contributed by atoms with Crippen molar-refractivity contribution in [1.29, 1.82) is 0 Å². The van der Waals surface area contributed by atoms with Crippen molar-refractivity contribution in [3.8, 4) is 0 Å². The van der Waals surface area contributed by atoms with Crippen molar-refractivity contribution >= 4 is 6.29 Å². The molecule has 0 saturated carbocycles. The lowest BCUT2D eigenvalue weighted by atomic mass is 10.1. The summed E-state index contributed by atoms with van der Waals surface area (Å²) in [5.41, 5.74) is 0. The van der Waals surface area contributed by atoms with E-state index in [1.807, 2.05) is 6.92 Å². The van der Waals surface area contributed by atoms with Gasteiger partial charge in [-0.1, -0.05) is 6.92 Å². The van der Waals surface area contributed by atoms with Gasteiger partial charge in [0.2, 0.25) is 0 Å². The molecule has 2 N–H and O–H groups in total. The first-order chi connectivity index (χ1) is 5.70. The molecular weight excluding hydrogens is 156 g/mol. The summed E-state index contributed by atoms with van der Waals surface area (Å²) in [6, 6.07) is 0. The van der Waals surface area contributed by atoms with Gasteiger partial charge in [-0.2, -0.15) is 0 Å². The number of carbonyl (C=O) groups is 1. The third kappa shape index (κ3) is 6.31. The molecule has 0 saturated heterocycles. The Balaban J connectivity index is 3.29. The molecule has 0 aliphatic heterocycles. The largest absolute Gasteiger partial charge is 0.393 e. The minimum atomic E-state index is -0.434. The van der Waals surface area contributed by atoms with E-state index >= 15 is 0 Å². The number of hydrogen-bond acceptors (Lipinski definition) is 3. The molecule has 0 aromatic heterocycles. The molecule has 2 unspecified atom stereocenters. The Kier molecular flexibility index (Phi) is 7.00. The fourth-order valence-corrected chi connectivity index (χ4v) is 0.994. The predicted molar refractivity (Wildman–Crippen MR) is 46.8 cm³/mol. The zero-order valence-corrected chi connectivity index (χ0v) is 7.57. The lowest BCUT2D eigenvalue weighted by Crippen LogP contribution is -2.12. The van der Waals surface area contributed by atoms with Crippen molar-refractivity contribution < 1.29 is 15.0 Å². The van der Waals surface area contributed by atoms with Gasteiger partial charge in [-0.3, -0.25) is 0 Å². The first-order valence-electron chi connectivity index (χ1n) is 4.50. The van der Waals surface area contributed by atoms with Gasteiger partial charge in [0.1, 0.15) is 6.29 Å². The zero-order chi connectivity index (χ0) is 9.40. The Morgan fingerprint density at radius 3 is 2.25 bits per heavy atom. The molecule has 0 fully saturated rings. The predicted octanol–water partition coefficient (Wildman–Crippen LogP) is 0.877. The average Bonchev–Trinajstić information content (AvgIpc) is 2.10. The van der Waals surface area contributed by atoms with Crippen LogP contribution in [0, 0.1) is 0 Å². The zero-order valence-electron chi connectivity index (χ0n) is 7.57. The lowest BCUT2D eigenvalue weighted by molar-refractivity contribution is -0.108. The molecule has 3 nitrogen and oxygen atoms in total. The number of aliphatic hydroxyl groups excluding tert-OH is 2. The highest BCUT2D eigenvalue weighted by Gasteiger charge is 2.06. The van der Waals surface area contributed by atoms with Crippen LogP contribution < -0.4 is 0 Å². The molecule has 2 atom stereocenters. The highest BCUT2D eigenvalue weighted by atomic mass is 16.3. The quantitative estimate of drug-likeness (QED) is 0.563. The highest BCUT2D eigenvalue weighted by molar-refractivity contribution is 5.49. The standard InChI is InChI=1S/C9H18O3/c1-2-8(11)5-6-9(12)4-3-7-10/h7-9,11-12H,2-6H2,1H3. The van der Waals surface area contributed by atoms with Crippen LogP contribution in [0.4, 0.5) is 0 Å². The van der Waals surface area contributed by atoms with Crippen molar-refractivity contribution in [3.63, 3.8) is 0 Å². The molecule has 0 radical (unpaired) electrons. The van der Waals surface area contributed by atoms with Crippen LogP contribution in [0.25, 0.3) is 0 Å². The maximum Gasteiger partial charge on any atom is 0.120 e. The van der Waals surface area contributed by atoms with Gasteiger partial charge in [0, 0.05) is 6.42 Å². The van der Waals surface area contributed by atoms with E-state index < -0.39 is 6.10 Å². The molecule has 0 aromatic carbocycles. The molecule has 3 heteroatoms. The normalized spacial score (nSPS) is 15.6. The summed E-state index contributed by atoms with van der Waals surface area (Å²) in [7, 11) is 0.